The van der Waals surface area contributed by atoms with E-state index in [2.05, 4.69) is 34.5 Å². The van der Waals surface area contributed by atoms with Gasteiger partial charge in [0.2, 0.25) is 0 Å². The molecule has 5 heteroatoms. The molecule has 126 valence electrons. The number of nitrogens with zero attached hydrogens (tertiary/aromatic N) is 1. The van der Waals surface area contributed by atoms with Gasteiger partial charge in [-0.3, -0.25) is 9.69 Å². The quantitative estimate of drug-likeness (QED) is 0.596. The molecule has 2 aromatic rings. The molecule has 0 bridgehead atoms. The Kier molecular flexibility index (Phi) is 5.01. The summed E-state index contributed by atoms with van der Waals surface area (Å²) in [7, 11) is 0. The number of likely N-dealkylation sites (tertiary alicyclic amines) is 1. The Bertz CT molecular complexity index is 695. The molecule has 0 saturated carbocycles. The summed E-state index contributed by atoms with van der Waals surface area (Å²) in [4.78, 5) is 14.7. The summed E-state index contributed by atoms with van der Waals surface area (Å²) < 4.78 is 0. The molecule has 0 atom stereocenters. The Labute approximate surface area is 142 Å². The molecule has 1 fully saturated rings. The van der Waals surface area contributed by atoms with E-state index in [4.69, 9.17) is 5.73 Å². The lowest BCUT2D eigenvalue weighted by atomic mass is 10.0. The maximum absolute atomic E-state index is 12.3. The van der Waals surface area contributed by atoms with Crippen LogP contribution in [0.1, 0.15) is 28.8 Å². The first kappa shape index (κ1) is 16.3. The van der Waals surface area contributed by atoms with Gasteiger partial charge in [-0.25, -0.2) is 0 Å². The van der Waals surface area contributed by atoms with E-state index in [0.29, 0.717) is 5.56 Å². The van der Waals surface area contributed by atoms with Gasteiger partial charge in [0, 0.05) is 31.2 Å². The highest BCUT2D eigenvalue weighted by atomic mass is 16.3. The lowest BCUT2D eigenvalue weighted by Crippen LogP contribution is -2.44. The van der Waals surface area contributed by atoms with Crippen LogP contribution in [-0.4, -0.2) is 35.0 Å². The Morgan fingerprint density at radius 1 is 1.17 bits per heavy atom. The number of nitrogens with one attached hydrogen (secondary N) is 1. The Morgan fingerprint density at radius 3 is 2.54 bits per heavy atom. The first-order chi connectivity index (χ1) is 11.6. The molecule has 0 unspecified atom stereocenters. The summed E-state index contributed by atoms with van der Waals surface area (Å²) in [6, 6.07) is 15.2. The number of aromatic hydroxyl groups is 1. The number of nitrogens with two attached hydrogens (primary N) is 1. The van der Waals surface area contributed by atoms with Gasteiger partial charge >= 0.3 is 0 Å². The number of carbonyl (C=O) groups is 1. The van der Waals surface area contributed by atoms with Gasteiger partial charge < -0.3 is 16.2 Å². The van der Waals surface area contributed by atoms with E-state index in [0.717, 1.165) is 32.5 Å². The normalized spacial score (nSPS) is 16.0. The predicted octanol–water partition coefficient (Wildman–Crippen LogP) is 2.37. The van der Waals surface area contributed by atoms with Crippen LogP contribution in [0.2, 0.25) is 0 Å². The number of hydrogen-bond donors (Lipinski definition) is 3. The Morgan fingerprint density at radius 2 is 1.88 bits per heavy atom. The Balaban J connectivity index is 1.50. The topological polar surface area (TPSA) is 78.6 Å². The molecule has 5 nitrogen and oxygen atoms in total. The third-order valence-electron chi connectivity index (χ3n) is 4.46. The van der Waals surface area contributed by atoms with E-state index in [-0.39, 0.29) is 23.4 Å². The molecule has 0 radical (unpaired) electrons. The van der Waals surface area contributed by atoms with Crippen LogP contribution in [0.25, 0.3) is 0 Å². The molecule has 1 heterocycles. The van der Waals surface area contributed by atoms with Crippen molar-refractivity contribution in [2.45, 2.75) is 25.4 Å². The molecular formula is C19H23N3O2. The standard InChI is InChI=1S/C19H23N3O2/c20-17-7-6-15(12-18(17)23)19(24)21-16-8-10-22(11-9-16)13-14-4-2-1-3-5-14/h1-7,12,16,23H,8-11,13,20H2,(H,21,24). The monoisotopic (exact) mass is 325 g/mol. The van der Waals surface area contributed by atoms with Gasteiger partial charge in [-0.1, -0.05) is 30.3 Å². The maximum atomic E-state index is 12.3. The van der Waals surface area contributed by atoms with E-state index in [1.807, 2.05) is 6.07 Å². The van der Waals surface area contributed by atoms with Crippen molar-refractivity contribution in [1.82, 2.24) is 10.2 Å². The van der Waals surface area contributed by atoms with Crippen molar-refractivity contribution in [3.8, 4) is 5.75 Å². The zero-order valence-corrected chi connectivity index (χ0v) is 13.6. The Hall–Kier alpha value is -2.53. The lowest BCUT2D eigenvalue weighted by molar-refractivity contribution is 0.0908. The molecule has 3 rings (SSSR count). The number of phenolic OH excluding ortho intramolecular Hbond substituents is 1. The van der Waals surface area contributed by atoms with Gasteiger partial charge in [0.25, 0.3) is 5.91 Å². The second kappa shape index (κ2) is 7.36. The summed E-state index contributed by atoms with van der Waals surface area (Å²) >= 11 is 0. The minimum absolute atomic E-state index is 0.0552. The first-order valence-corrected chi connectivity index (χ1v) is 8.27. The number of rotatable bonds is 4. The number of hydrogen-bond acceptors (Lipinski definition) is 4. The predicted molar refractivity (Wildman–Crippen MR) is 94.7 cm³/mol. The molecular weight excluding hydrogens is 302 g/mol. The van der Waals surface area contributed by atoms with Gasteiger partial charge in [-0.15, -0.1) is 0 Å². The molecule has 2 aromatic carbocycles. The summed E-state index contributed by atoms with van der Waals surface area (Å²) in [5.41, 5.74) is 7.60. The van der Waals surface area contributed by atoms with E-state index in [1.54, 1.807) is 12.1 Å². The van der Waals surface area contributed by atoms with Crippen molar-refractivity contribution >= 4 is 11.6 Å². The lowest BCUT2D eigenvalue weighted by Gasteiger charge is -2.32. The maximum Gasteiger partial charge on any atom is 0.251 e. The average molecular weight is 325 g/mol. The van der Waals surface area contributed by atoms with Gasteiger partial charge in [-0.2, -0.15) is 0 Å². The smallest absolute Gasteiger partial charge is 0.251 e. The zero-order chi connectivity index (χ0) is 16.9. The van der Waals surface area contributed by atoms with Crippen LogP contribution in [0.5, 0.6) is 5.75 Å². The van der Waals surface area contributed by atoms with Gasteiger partial charge in [0.15, 0.2) is 0 Å². The third kappa shape index (κ3) is 4.06. The van der Waals surface area contributed by atoms with E-state index in [9.17, 15) is 9.90 Å². The summed E-state index contributed by atoms with van der Waals surface area (Å²) in [5, 5.41) is 12.7. The molecule has 0 spiro atoms. The third-order valence-corrected chi connectivity index (χ3v) is 4.46. The minimum Gasteiger partial charge on any atom is -0.506 e. The number of nitrogen functional groups attached to an aromatic ring is 1. The van der Waals surface area contributed by atoms with Crippen LogP contribution >= 0.6 is 0 Å². The number of piperidine rings is 1. The van der Waals surface area contributed by atoms with Gasteiger partial charge in [0.1, 0.15) is 5.75 Å². The van der Waals surface area contributed by atoms with Crippen molar-refractivity contribution < 1.29 is 9.90 Å². The molecule has 0 aliphatic carbocycles. The number of anilines is 1. The van der Waals surface area contributed by atoms with Crippen LogP contribution < -0.4 is 11.1 Å². The first-order valence-electron chi connectivity index (χ1n) is 8.27. The SMILES string of the molecule is Nc1ccc(C(=O)NC2CCN(Cc3ccccc3)CC2)cc1O. The largest absolute Gasteiger partial charge is 0.506 e. The van der Waals surface area contributed by atoms with Crippen LogP contribution in [-0.2, 0) is 6.54 Å². The van der Waals surface area contributed by atoms with Crippen molar-refractivity contribution in [3.63, 3.8) is 0 Å². The molecule has 1 amide bonds. The van der Waals surface area contributed by atoms with Crippen molar-refractivity contribution in [3.05, 3.63) is 59.7 Å². The summed E-state index contributed by atoms with van der Waals surface area (Å²) in [6.07, 6.45) is 1.86. The molecule has 1 aliphatic rings. The second-order valence-electron chi connectivity index (χ2n) is 6.28. The van der Waals surface area contributed by atoms with Gasteiger partial charge in [-0.05, 0) is 36.6 Å². The molecule has 0 aromatic heterocycles. The molecule has 1 aliphatic heterocycles. The van der Waals surface area contributed by atoms with E-state index in [1.165, 1.54) is 11.6 Å². The average Bonchev–Trinajstić information content (AvgIpc) is 2.60. The number of carbonyl (C=O) groups excluding carboxylic acids is 1. The van der Waals surface area contributed by atoms with Crippen molar-refractivity contribution in [2.75, 3.05) is 18.8 Å². The van der Waals surface area contributed by atoms with Crippen molar-refractivity contribution in [2.24, 2.45) is 0 Å². The van der Waals surface area contributed by atoms with Crippen LogP contribution in [0.3, 0.4) is 0 Å². The van der Waals surface area contributed by atoms with Gasteiger partial charge in [0.05, 0.1) is 5.69 Å². The fourth-order valence-electron chi connectivity index (χ4n) is 3.03. The zero-order valence-electron chi connectivity index (χ0n) is 13.6. The van der Waals surface area contributed by atoms with E-state index < -0.39 is 0 Å². The molecule has 4 N–H and O–H groups in total. The highest BCUT2D eigenvalue weighted by molar-refractivity contribution is 5.95. The van der Waals surface area contributed by atoms with Crippen LogP contribution in [0, 0.1) is 0 Å². The fourth-order valence-corrected chi connectivity index (χ4v) is 3.03. The summed E-state index contributed by atoms with van der Waals surface area (Å²) in [6.45, 7) is 2.88. The second-order valence-corrected chi connectivity index (χ2v) is 6.28. The minimum atomic E-state index is -0.160. The number of benzene rings is 2. The van der Waals surface area contributed by atoms with Crippen LogP contribution in [0.15, 0.2) is 48.5 Å². The highest BCUT2D eigenvalue weighted by Gasteiger charge is 2.21. The number of amides is 1. The van der Waals surface area contributed by atoms with E-state index >= 15 is 0 Å². The molecule has 1 saturated heterocycles. The van der Waals surface area contributed by atoms with Crippen LogP contribution in [0.4, 0.5) is 5.69 Å². The summed E-state index contributed by atoms with van der Waals surface area (Å²) in [5.74, 6) is -0.216. The van der Waals surface area contributed by atoms with Crippen molar-refractivity contribution in [1.29, 1.82) is 0 Å². The fraction of sp³-hybridized carbons (Fsp3) is 0.316. The highest BCUT2D eigenvalue weighted by Crippen LogP contribution is 2.21. The molecule has 24 heavy (non-hydrogen) atoms. The number of phenols is 1.